The summed E-state index contributed by atoms with van der Waals surface area (Å²) in [7, 11) is 0. The zero-order chi connectivity index (χ0) is 18.3. The van der Waals surface area contributed by atoms with Crippen molar-refractivity contribution in [2.24, 2.45) is 11.8 Å². The van der Waals surface area contributed by atoms with Gasteiger partial charge < -0.3 is 4.74 Å². The smallest absolute Gasteiger partial charge is 0.0896 e. The van der Waals surface area contributed by atoms with Crippen molar-refractivity contribution in [2.45, 2.75) is 77.4 Å². The molecular weight excluding hydrogens is 332 g/mol. The normalized spacial score (nSPS) is 24.6. The second-order valence-electron chi connectivity index (χ2n) is 8.34. The van der Waals surface area contributed by atoms with Gasteiger partial charge in [0.1, 0.15) is 0 Å². The van der Waals surface area contributed by atoms with Crippen LogP contribution < -0.4 is 0 Å². The number of hydrogen-bond acceptors (Lipinski definition) is 3. The van der Waals surface area contributed by atoms with Crippen LogP contribution in [0.25, 0.3) is 0 Å². The van der Waals surface area contributed by atoms with E-state index in [9.17, 15) is 0 Å². The Morgan fingerprint density at radius 1 is 0.741 bits per heavy atom. The largest absolute Gasteiger partial charge is 0.370 e. The summed E-state index contributed by atoms with van der Waals surface area (Å²) in [5.41, 5.74) is 5.29. The van der Waals surface area contributed by atoms with Crippen molar-refractivity contribution in [2.75, 3.05) is 0 Å². The second kappa shape index (κ2) is 9.45. The fraction of sp³-hybridized carbons (Fsp3) is 0.583. The van der Waals surface area contributed by atoms with Crippen molar-refractivity contribution in [3.8, 4) is 0 Å². The van der Waals surface area contributed by atoms with Gasteiger partial charge in [-0.3, -0.25) is 9.97 Å². The van der Waals surface area contributed by atoms with E-state index in [0.717, 1.165) is 12.3 Å². The number of ether oxygens (including phenoxy) is 1. The standard InChI is InChI=1S/C9H16.C8H9N.C7H7NO/c1-2-5-9-7-3-6-8(9)4-1;1-2-7-4-5-9-6-8(7)3-1;1-2-6-4-9-5-7(6)8-3-1/h8-9H,1-7H2;4-6H,1-3H2;1-3H,4-5H2. The van der Waals surface area contributed by atoms with E-state index in [-0.39, 0.29) is 0 Å². The number of nitrogens with zero attached hydrogens (tertiary/aromatic N) is 2. The van der Waals surface area contributed by atoms with E-state index in [4.69, 9.17) is 4.74 Å². The molecule has 1 aliphatic heterocycles. The molecule has 3 heteroatoms. The maximum Gasteiger partial charge on any atom is 0.0896 e. The topological polar surface area (TPSA) is 35.0 Å². The van der Waals surface area contributed by atoms with Crippen LogP contribution in [-0.2, 0) is 30.8 Å². The summed E-state index contributed by atoms with van der Waals surface area (Å²) in [4.78, 5) is 8.19. The molecule has 2 aromatic rings. The molecule has 0 amide bonds. The lowest BCUT2D eigenvalue weighted by molar-refractivity contribution is 0.133. The summed E-state index contributed by atoms with van der Waals surface area (Å²) in [5, 5.41) is 0. The van der Waals surface area contributed by atoms with Gasteiger partial charge in [0, 0.05) is 24.2 Å². The van der Waals surface area contributed by atoms with Gasteiger partial charge in [-0.1, -0.05) is 51.0 Å². The van der Waals surface area contributed by atoms with E-state index in [1.54, 1.807) is 31.9 Å². The summed E-state index contributed by atoms with van der Waals surface area (Å²) >= 11 is 0. The monoisotopic (exact) mass is 364 g/mol. The third-order valence-electron chi connectivity index (χ3n) is 6.59. The van der Waals surface area contributed by atoms with Crippen LogP contribution in [0, 0.1) is 11.8 Å². The molecule has 0 radical (unpaired) electrons. The maximum absolute atomic E-state index is 5.15. The van der Waals surface area contributed by atoms with Crippen molar-refractivity contribution in [1.82, 2.24) is 9.97 Å². The molecule has 27 heavy (non-hydrogen) atoms. The predicted octanol–water partition coefficient (Wildman–Crippen LogP) is 5.66. The minimum Gasteiger partial charge on any atom is -0.370 e. The Bertz CT molecular complexity index is 622. The Morgan fingerprint density at radius 2 is 1.52 bits per heavy atom. The highest BCUT2D eigenvalue weighted by Crippen LogP contribution is 2.41. The van der Waals surface area contributed by atoms with Crippen LogP contribution in [0.3, 0.4) is 0 Å². The Balaban J connectivity index is 0.0000001000. The van der Waals surface area contributed by atoms with E-state index in [0.29, 0.717) is 6.61 Å². The minimum absolute atomic E-state index is 0.691. The van der Waals surface area contributed by atoms with Gasteiger partial charge in [-0.2, -0.15) is 0 Å². The zero-order valence-corrected chi connectivity index (χ0v) is 16.4. The molecule has 0 saturated heterocycles. The van der Waals surface area contributed by atoms with Gasteiger partial charge in [-0.15, -0.1) is 0 Å². The molecule has 0 N–H and O–H groups in total. The average Bonchev–Trinajstić information content (AvgIpc) is 3.48. The molecule has 2 atom stereocenters. The Morgan fingerprint density at radius 3 is 2.30 bits per heavy atom. The summed E-state index contributed by atoms with van der Waals surface area (Å²) < 4.78 is 5.15. The fourth-order valence-electron chi connectivity index (χ4n) is 5.07. The molecule has 2 saturated carbocycles. The lowest BCUT2D eigenvalue weighted by atomic mass is 9.82. The highest BCUT2D eigenvalue weighted by molar-refractivity contribution is 5.27. The maximum atomic E-state index is 5.15. The molecule has 4 aliphatic rings. The van der Waals surface area contributed by atoms with Gasteiger partial charge in [-0.05, 0) is 54.4 Å². The fourth-order valence-corrected chi connectivity index (χ4v) is 5.07. The molecule has 3 aliphatic carbocycles. The van der Waals surface area contributed by atoms with Crippen molar-refractivity contribution in [3.05, 3.63) is 59.2 Å². The summed E-state index contributed by atoms with van der Waals surface area (Å²) in [6.45, 7) is 1.43. The average molecular weight is 365 g/mol. The highest BCUT2D eigenvalue weighted by atomic mass is 16.5. The van der Waals surface area contributed by atoms with Crippen LogP contribution in [0.1, 0.15) is 73.8 Å². The van der Waals surface area contributed by atoms with Crippen LogP contribution in [0.15, 0.2) is 36.8 Å². The first kappa shape index (κ1) is 18.6. The molecule has 6 rings (SSSR count). The third-order valence-corrected chi connectivity index (χ3v) is 6.59. The zero-order valence-electron chi connectivity index (χ0n) is 16.4. The lowest BCUT2D eigenvalue weighted by Gasteiger charge is -2.24. The van der Waals surface area contributed by atoms with E-state index < -0.39 is 0 Å². The Hall–Kier alpha value is -1.74. The number of pyridine rings is 2. The Kier molecular flexibility index (Phi) is 6.52. The van der Waals surface area contributed by atoms with Crippen LogP contribution in [0.2, 0.25) is 0 Å². The molecular formula is C24H32N2O. The summed E-state index contributed by atoms with van der Waals surface area (Å²) in [6, 6.07) is 6.12. The number of hydrogen-bond donors (Lipinski definition) is 0. The van der Waals surface area contributed by atoms with Gasteiger partial charge >= 0.3 is 0 Å². The van der Waals surface area contributed by atoms with Gasteiger partial charge in [0.05, 0.1) is 18.9 Å². The van der Waals surface area contributed by atoms with Gasteiger partial charge in [0.25, 0.3) is 0 Å². The molecule has 3 nitrogen and oxygen atoms in total. The number of fused-ring (bicyclic) bond motifs is 3. The van der Waals surface area contributed by atoms with E-state index in [1.807, 2.05) is 18.5 Å². The second-order valence-corrected chi connectivity index (χ2v) is 8.34. The van der Waals surface area contributed by atoms with Crippen LogP contribution in [-0.4, -0.2) is 9.97 Å². The minimum atomic E-state index is 0.691. The molecule has 3 heterocycles. The molecule has 0 bridgehead atoms. The van der Waals surface area contributed by atoms with Crippen LogP contribution in [0.5, 0.6) is 0 Å². The SMILES string of the molecule is C1CCC2CCCC2C1.c1cc2c(cn1)CCC2.c1cnc2c(c1)COC2. The van der Waals surface area contributed by atoms with Crippen LogP contribution >= 0.6 is 0 Å². The van der Waals surface area contributed by atoms with E-state index >= 15 is 0 Å². The quantitative estimate of drug-likeness (QED) is 0.605. The highest BCUT2D eigenvalue weighted by Gasteiger charge is 2.28. The molecule has 2 unspecified atom stereocenters. The van der Waals surface area contributed by atoms with Crippen molar-refractivity contribution in [1.29, 1.82) is 0 Å². The Labute approximate surface area is 163 Å². The number of aryl methyl sites for hydroxylation is 2. The van der Waals surface area contributed by atoms with Crippen molar-refractivity contribution >= 4 is 0 Å². The van der Waals surface area contributed by atoms with Crippen molar-refractivity contribution < 1.29 is 4.74 Å². The molecule has 0 spiro atoms. The number of aromatic nitrogens is 2. The molecule has 144 valence electrons. The lowest BCUT2D eigenvalue weighted by Crippen LogP contribution is -2.12. The molecule has 0 aromatic carbocycles. The molecule has 2 aromatic heterocycles. The third kappa shape index (κ3) is 4.95. The number of rotatable bonds is 0. The van der Waals surface area contributed by atoms with Gasteiger partial charge in [-0.25, -0.2) is 0 Å². The van der Waals surface area contributed by atoms with Crippen LogP contribution in [0.4, 0.5) is 0 Å². The van der Waals surface area contributed by atoms with E-state index in [1.165, 1.54) is 67.1 Å². The first-order valence-corrected chi connectivity index (χ1v) is 10.8. The summed E-state index contributed by atoms with van der Waals surface area (Å²) in [6.07, 6.45) is 20.3. The molecule has 2 fully saturated rings. The summed E-state index contributed by atoms with van der Waals surface area (Å²) in [5.74, 6) is 2.33. The van der Waals surface area contributed by atoms with Gasteiger partial charge in [0.15, 0.2) is 0 Å². The first-order valence-electron chi connectivity index (χ1n) is 10.8. The van der Waals surface area contributed by atoms with Crippen molar-refractivity contribution in [3.63, 3.8) is 0 Å². The van der Waals surface area contributed by atoms with E-state index in [2.05, 4.69) is 22.1 Å². The predicted molar refractivity (Wildman–Crippen MR) is 108 cm³/mol. The first-order chi connectivity index (χ1) is 13.4. The van der Waals surface area contributed by atoms with Gasteiger partial charge in [0.2, 0.25) is 0 Å².